The molecule has 2 fully saturated rings. The number of urea groups is 1. The second-order valence-electron chi connectivity index (χ2n) is 5.81. The lowest BCUT2D eigenvalue weighted by atomic mass is 9.97. The molecule has 1 aliphatic heterocycles. The monoisotopic (exact) mass is 307 g/mol. The molecule has 1 saturated heterocycles. The van der Waals surface area contributed by atoms with Gasteiger partial charge in [0.2, 0.25) is 5.91 Å². The molecule has 21 heavy (non-hydrogen) atoms. The first-order valence-electron chi connectivity index (χ1n) is 7.58. The van der Waals surface area contributed by atoms with Crippen molar-refractivity contribution in [2.45, 2.75) is 38.3 Å². The van der Waals surface area contributed by atoms with Crippen molar-refractivity contribution in [3.05, 3.63) is 22.4 Å². The molecule has 0 spiro atoms. The Morgan fingerprint density at radius 2 is 2.19 bits per heavy atom. The molecule has 2 aliphatic rings. The van der Waals surface area contributed by atoms with Crippen LogP contribution in [-0.4, -0.2) is 36.0 Å². The van der Waals surface area contributed by atoms with Crippen LogP contribution in [0.25, 0.3) is 0 Å². The minimum atomic E-state index is -0.0799. The van der Waals surface area contributed by atoms with Crippen LogP contribution in [0.2, 0.25) is 0 Å². The molecular formula is C15H21N3O2S. The van der Waals surface area contributed by atoms with E-state index < -0.39 is 0 Å². The Labute approximate surface area is 128 Å². The van der Waals surface area contributed by atoms with Crippen molar-refractivity contribution in [3.8, 4) is 0 Å². The summed E-state index contributed by atoms with van der Waals surface area (Å²) in [5, 5.41) is 7.98. The van der Waals surface area contributed by atoms with Crippen molar-refractivity contribution >= 4 is 23.3 Å². The molecule has 2 heterocycles. The Balaban J connectivity index is 1.47. The van der Waals surface area contributed by atoms with Gasteiger partial charge in [-0.25, -0.2) is 4.79 Å². The summed E-state index contributed by atoms with van der Waals surface area (Å²) in [6.07, 6.45) is 3.94. The van der Waals surface area contributed by atoms with Crippen molar-refractivity contribution in [3.63, 3.8) is 0 Å². The normalized spacial score (nSPS) is 21.9. The van der Waals surface area contributed by atoms with E-state index >= 15 is 0 Å². The van der Waals surface area contributed by atoms with Crippen molar-refractivity contribution < 1.29 is 9.59 Å². The third kappa shape index (κ3) is 3.97. The third-order valence-corrected chi connectivity index (χ3v) is 4.88. The second kappa shape index (κ2) is 6.47. The number of nitrogens with zero attached hydrogens (tertiary/aromatic N) is 1. The van der Waals surface area contributed by atoms with Crippen LogP contribution in [0.15, 0.2) is 17.5 Å². The van der Waals surface area contributed by atoms with E-state index in [1.165, 1.54) is 0 Å². The number of carbonyl (C=O) groups is 2. The van der Waals surface area contributed by atoms with Gasteiger partial charge in [-0.3, -0.25) is 4.79 Å². The summed E-state index contributed by atoms with van der Waals surface area (Å²) in [5.74, 6) is -0.0176. The number of hydrogen-bond acceptors (Lipinski definition) is 3. The maximum absolute atomic E-state index is 12.2. The second-order valence-corrected chi connectivity index (χ2v) is 6.84. The average molecular weight is 307 g/mol. The molecule has 3 amide bonds. The molecule has 114 valence electrons. The van der Waals surface area contributed by atoms with Crippen LogP contribution in [0.1, 0.15) is 30.6 Å². The van der Waals surface area contributed by atoms with Crippen LogP contribution in [0.3, 0.4) is 0 Å². The topological polar surface area (TPSA) is 61.4 Å². The summed E-state index contributed by atoms with van der Waals surface area (Å²) in [7, 11) is 0. The molecule has 1 aliphatic carbocycles. The van der Waals surface area contributed by atoms with Gasteiger partial charge in [0.05, 0.1) is 12.5 Å². The molecular weight excluding hydrogens is 286 g/mol. The van der Waals surface area contributed by atoms with E-state index in [-0.39, 0.29) is 17.9 Å². The molecule has 0 radical (unpaired) electrons. The number of rotatable bonds is 4. The Bertz CT molecular complexity index is 499. The number of nitrogens with one attached hydrogen (secondary N) is 2. The van der Waals surface area contributed by atoms with Crippen LogP contribution in [-0.2, 0) is 11.3 Å². The fraction of sp³-hybridized carbons (Fsp3) is 0.600. The molecule has 3 rings (SSSR count). The van der Waals surface area contributed by atoms with Crippen LogP contribution >= 0.6 is 11.3 Å². The average Bonchev–Trinajstić information content (AvgIpc) is 3.16. The lowest BCUT2D eigenvalue weighted by Gasteiger charge is -2.32. The van der Waals surface area contributed by atoms with Gasteiger partial charge in [-0.05, 0) is 37.1 Å². The first-order chi connectivity index (χ1) is 10.2. The molecule has 1 unspecified atom stereocenters. The quantitative estimate of drug-likeness (QED) is 0.893. The van der Waals surface area contributed by atoms with Gasteiger partial charge >= 0.3 is 6.03 Å². The molecule has 1 saturated carbocycles. The van der Waals surface area contributed by atoms with Crippen molar-refractivity contribution in [1.82, 2.24) is 15.5 Å². The van der Waals surface area contributed by atoms with Gasteiger partial charge in [0, 0.05) is 24.0 Å². The Morgan fingerprint density at radius 1 is 1.33 bits per heavy atom. The molecule has 1 atom stereocenters. The van der Waals surface area contributed by atoms with E-state index in [2.05, 4.69) is 10.6 Å². The first-order valence-corrected chi connectivity index (χ1v) is 8.46. The SMILES string of the molecule is O=C(NCc1cccs1)C1CCCN(C(=O)NC2CC2)C1. The van der Waals surface area contributed by atoms with E-state index in [0.717, 1.165) is 37.1 Å². The van der Waals surface area contributed by atoms with Gasteiger partial charge in [0.25, 0.3) is 0 Å². The predicted molar refractivity (Wildman–Crippen MR) is 82.0 cm³/mol. The third-order valence-electron chi connectivity index (χ3n) is 4.00. The van der Waals surface area contributed by atoms with Gasteiger partial charge < -0.3 is 15.5 Å². The molecule has 1 aromatic heterocycles. The van der Waals surface area contributed by atoms with E-state index in [4.69, 9.17) is 0 Å². The molecule has 0 aromatic carbocycles. The molecule has 5 nitrogen and oxygen atoms in total. The fourth-order valence-corrected chi connectivity index (χ4v) is 3.25. The van der Waals surface area contributed by atoms with Crippen LogP contribution < -0.4 is 10.6 Å². The molecule has 2 N–H and O–H groups in total. The summed E-state index contributed by atoms with van der Waals surface area (Å²) in [6, 6.07) is 4.36. The van der Waals surface area contributed by atoms with Crippen molar-refractivity contribution in [1.29, 1.82) is 0 Å². The lowest BCUT2D eigenvalue weighted by Crippen LogP contribution is -2.49. The summed E-state index contributed by atoms with van der Waals surface area (Å²) >= 11 is 1.64. The lowest BCUT2D eigenvalue weighted by molar-refractivity contribution is -0.126. The Kier molecular flexibility index (Phi) is 4.43. The van der Waals surface area contributed by atoms with Crippen LogP contribution in [0, 0.1) is 5.92 Å². The Hall–Kier alpha value is -1.56. The van der Waals surface area contributed by atoms with E-state index in [9.17, 15) is 9.59 Å². The highest BCUT2D eigenvalue weighted by Gasteiger charge is 2.31. The summed E-state index contributed by atoms with van der Waals surface area (Å²) in [6.45, 7) is 1.88. The maximum Gasteiger partial charge on any atom is 0.317 e. The Morgan fingerprint density at radius 3 is 2.90 bits per heavy atom. The zero-order valence-electron chi connectivity index (χ0n) is 12.0. The molecule has 1 aromatic rings. The number of amides is 3. The number of piperidine rings is 1. The zero-order valence-corrected chi connectivity index (χ0v) is 12.8. The molecule has 6 heteroatoms. The van der Waals surface area contributed by atoms with E-state index in [1.54, 1.807) is 16.2 Å². The predicted octanol–water partition coefficient (Wildman–Crippen LogP) is 1.95. The first kappa shape index (κ1) is 14.4. The number of thiophene rings is 1. The van der Waals surface area contributed by atoms with E-state index in [1.807, 2.05) is 17.5 Å². The minimum absolute atomic E-state index is 0.00624. The van der Waals surface area contributed by atoms with E-state index in [0.29, 0.717) is 19.1 Å². The van der Waals surface area contributed by atoms with Gasteiger partial charge in [-0.15, -0.1) is 11.3 Å². The highest BCUT2D eigenvalue weighted by atomic mass is 32.1. The zero-order chi connectivity index (χ0) is 14.7. The number of carbonyl (C=O) groups excluding carboxylic acids is 2. The molecule has 0 bridgehead atoms. The standard InChI is InChI=1S/C15H21N3O2S/c19-14(16-9-13-4-2-8-21-13)11-3-1-7-18(10-11)15(20)17-12-5-6-12/h2,4,8,11-12H,1,3,5-7,9-10H2,(H,16,19)(H,17,20). The largest absolute Gasteiger partial charge is 0.351 e. The smallest absolute Gasteiger partial charge is 0.317 e. The number of likely N-dealkylation sites (tertiary alicyclic amines) is 1. The van der Waals surface area contributed by atoms with Gasteiger partial charge in [-0.1, -0.05) is 6.07 Å². The summed E-state index contributed by atoms with van der Waals surface area (Å²) in [5.41, 5.74) is 0. The number of hydrogen-bond donors (Lipinski definition) is 2. The van der Waals surface area contributed by atoms with Crippen molar-refractivity contribution in [2.24, 2.45) is 5.92 Å². The van der Waals surface area contributed by atoms with Gasteiger partial charge in [0.1, 0.15) is 0 Å². The van der Waals surface area contributed by atoms with Gasteiger partial charge in [0.15, 0.2) is 0 Å². The fourth-order valence-electron chi connectivity index (χ4n) is 2.60. The van der Waals surface area contributed by atoms with Crippen LogP contribution in [0.4, 0.5) is 4.79 Å². The minimum Gasteiger partial charge on any atom is -0.351 e. The van der Waals surface area contributed by atoms with Crippen LogP contribution in [0.5, 0.6) is 0 Å². The maximum atomic E-state index is 12.2. The summed E-state index contributed by atoms with van der Waals surface area (Å²) in [4.78, 5) is 27.2. The van der Waals surface area contributed by atoms with Gasteiger partial charge in [-0.2, -0.15) is 0 Å². The highest BCUT2D eigenvalue weighted by Crippen LogP contribution is 2.21. The highest BCUT2D eigenvalue weighted by molar-refractivity contribution is 7.09. The summed E-state index contributed by atoms with van der Waals surface area (Å²) < 4.78 is 0. The van der Waals surface area contributed by atoms with Crippen molar-refractivity contribution in [2.75, 3.05) is 13.1 Å².